The smallest absolute Gasteiger partial charge is 0.175 e. The Morgan fingerprint density at radius 3 is 2.25 bits per heavy atom. The predicted octanol–water partition coefficient (Wildman–Crippen LogP) is 6.57. The second kappa shape index (κ2) is 8.54. The lowest BCUT2D eigenvalue weighted by Crippen LogP contribution is -1.82. The van der Waals surface area contributed by atoms with E-state index in [4.69, 9.17) is 23.2 Å². The third kappa shape index (κ3) is 5.10. The molecule has 0 aliphatic rings. The van der Waals surface area contributed by atoms with E-state index in [9.17, 15) is 4.39 Å². The fourth-order valence-electron chi connectivity index (χ4n) is 1.82. The summed E-state index contributed by atoms with van der Waals surface area (Å²) >= 11 is 16.8. The third-order valence-corrected chi connectivity index (χ3v) is 6.93. The van der Waals surface area contributed by atoms with Crippen molar-refractivity contribution in [2.75, 3.05) is 0 Å². The van der Waals surface area contributed by atoms with E-state index in [2.05, 4.69) is 10.2 Å². The normalized spacial score (nSPS) is 11.0. The van der Waals surface area contributed by atoms with E-state index in [-0.39, 0.29) is 5.82 Å². The lowest BCUT2D eigenvalue weighted by atomic mass is 10.2. The van der Waals surface area contributed by atoms with Crippen LogP contribution in [0.4, 0.5) is 4.39 Å². The SMILES string of the molecule is Fc1ccc(CSc2nnc(SCc3ccc(Cl)cc3Cl)s2)cc1. The monoisotopic (exact) mass is 416 g/mol. The van der Waals surface area contributed by atoms with Crippen LogP contribution in [0.1, 0.15) is 11.1 Å². The third-order valence-electron chi connectivity index (χ3n) is 3.03. The Morgan fingerprint density at radius 1 is 0.917 bits per heavy atom. The molecule has 0 aliphatic heterocycles. The van der Waals surface area contributed by atoms with Crippen molar-refractivity contribution in [2.45, 2.75) is 20.2 Å². The van der Waals surface area contributed by atoms with Crippen LogP contribution in [0, 0.1) is 5.82 Å². The van der Waals surface area contributed by atoms with Gasteiger partial charge in [0.05, 0.1) is 0 Å². The van der Waals surface area contributed by atoms with Gasteiger partial charge in [-0.3, -0.25) is 0 Å². The van der Waals surface area contributed by atoms with Crippen LogP contribution in [-0.2, 0) is 11.5 Å². The summed E-state index contributed by atoms with van der Waals surface area (Å²) in [7, 11) is 0. The fraction of sp³-hybridized carbons (Fsp3) is 0.125. The first-order valence-electron chi connectivity index (χ1n) is 6.87. The van der Waals surface area contributed by atoms with Crippen LogP contribution in [0.25, 0.3) is 0 Å². The van der Waals surface area contributed by atoms with Crippen LogP contribution in [0.2, 0.25) is 10.0 Å². The summed E-state index contributed by atoms with van der Waals surface area (Å²) in [6.07, 6.45) is 0. The number of halogens is 3. The molecule has 1 aromatic heterocycles. The van der Waals surface area contributed by atoms with Crippen molar-refractivity contribution in [3.8, 4) is 0 Å². The average molecular weight is 417 g/mol. The van der Waals surface area contributed by atoms with Gasteiger partial charge in [0.15, 0.2) is 8.68 Å². The zero-order valence-electron chi connectivity index (χ0n) is 12.2. The maximum atomic E-state index is 12.9. The van der Waals surface area contributed by atoms with E-state index in [1.165, 1.54) is 12.1 Å². The summed E-state index contributed by atoms with van der Waals surface area (Å²) in [6.45, 7) is 0. The highest BCUT2D eigenvalue weighted by molar-refractivity contribution is 8.02. The summed E-state index contributed by atoms with van der Waals surface area (Å²) < 4.78 is 14.7. The van der Waals surface area contributed by atoms with Gasteiger partial charge in [-0.1, -0.05) is 76.3 Å². The van der Waals surface area contributed by atoms with Gasteiger partial charge in [-0.2, -0.15) is 0 Å². The molecular formula is C16H11Cl2FN2S3. The Morgan fingerprint density at radius 2 is 1.58 bits per heavy atom. The molecule has 0 radical (unpaired) electrons. The van der Waals surface area contributed by atoms with Crippen molar-refractivity contribution in [1.29, 1.82) is 0 Å². The molecule has 0 unspecified atom stereocenters. The van der Waals surface area contributed by atoms with E-state index in [0.717, 1.165) is 25.6 Å². The Labute approximate surface area is 161 Å². The maximum absolute atomic E-state index is 12.9. The first kappa shape index (κ1) is 18.0. The number of nitrogens with zero attached hydrogens (tertiary/aromatic N) is 2. The molecule has 0 saturated carbocycles. The highest BCUT2D eigenvalue weighted by atomic mass is 35.5. The van der Waals surface area contributed by atoms with Crippen molar-refractivity contribution in [2.24, 2.45) is 0 Å². The van der Waals surface area contributed by atoms with Crippen molar-refractivity contribution >= 4 is 58.1 Å². The van der Waals surface area contributed by atoms with Gasteiger partial charge in [-0.25, -0.2) is 4.39 Å². The molecule has 0 atom stereocenters. The maximum Gasteiger partial charge on any atom is 0.175 e. The van der Waals surface area contributed by atoms with Crippen LogP contribution in [0.15, 0.2) is 51.1 Å². The lowest BCUT2D eigenvalue weighted by molar-refractivity contribution is 0.627. The Bertz CT molecular complexity index is 824. The summed E-state index contributed by atoms with van der Waals surface area (Å²) in [4.78, 5) is 0. The van der Waals surface area contributed by atoms with Crippen LogP contribution >= 0.6 is 58.1 Å². The van der Waals surface area contributed by atoms with Gasteiger partial charge in [0.1, 0.15) is 5.82 Å². The van der Waals surface area contributed by atoms with Crippen molar-refractivity contribution in [3.05, 3.63) is 69.5 Å². The molecule has 3 rings (SSSR count). The van der Waals surface area contributed by atoms with Crippen molar-refractivity contribution in [1.82, 2.24) is 10.2 Å². The molecule has 1 heterocycles. The van der Waals surface area contributed by atoms with Gasteiger partial charge >= 0.3 is 0 Å². The predicted molar refractivity (Wildman–Crippen MR) is 102 cm³/mol. The highest BCUT2D eigenvalue weighted by Crippen LogP contribution is 2.33. The number of hydrogen-bond acceptors (Lipinski definition) is 5. The highest BCUT2D eigenvalue weighted by Gasteiger charge is 2.08. The molecule has 0 N–H and O–H groups in total. The standard InChI is InChI=1S/C16H11Cl2FN2S3/c17-12-4-3-11(14(18)7-12)9-23-16-21-20-15(24-16)22-8-10-1-5-13(19)6-2-10/h1-7H,8-9H2. The minimum Gasteiger partial charge on any atom is -0.207 e. The second-order valence-electron chi connectivity index (χ2n) is 4.77. The van der Waals surface area contributed by atoms with Gasteiger partial charge in [0.25, 0.3) is 0 Å². The quantitative estimate of drug-likeness (QED) is 0.424. The number of hydrogen-bond donors (Lipinski definition) is 0. The molecule has 2 nitrogen and oxygen atoms in total. The van der Waals surface area contributed by atoms with Gasteiger partial charge in [-0.05, 0) is 35.4 Å². The zero-order chi connectivity index (χ0) is 16.9. The van der Waals surface area contributed by atoms with Gasteiger partial charge in [0.2, 0.25) is 0 Å². The molecular weight excluding hydrogens is 406 g/mol. The largest absolute Gasteiger partial charge is 0.207 e. The second-order valence-corrected chi connectivity index (χ2v) is 9.04. The molecule has 24 heavy (non-hydrogen) atoms. The van der Waals surface area contributed by atoms with E-state index in [1.54, 1.807) is 53.1 Å². The van der Waals surface area contributed by atoms with Crippen LogP contribution in [0.5, 0.6) is 0 Å². The molecule has 0 fully saturated rings. The molecule has 124 valence electrons. The molecule has 2 aromatic carbocycles. The minimum atomic E-state index is -0.223. The van der Waals surface area contributed by atoms with E-state index in [1.807, 2.05) is 12.1 Å². The number of aromatic nitrogens is 2. The van der Waals surface area contributed by atoms with E-state index < -0.39 is 0 Å². The summed E-state index contributed by atoms with van der Waals surface area (Å²) in [6, 6.07) is 12.0. The first-order valence-corrected chi connectivity index (χ1v) is 10.4. The zero-order valence-corrected chi connectivity index (χ0v) is 16.2. The molecule has 8 heteroatoms. The Balaban J connectivity index is 1.54. The molecule has 0 spiro atoms. The first-order chi connectivity index (χ1) is 11.6. The lowest BCUT2D eigenvalue weighted by Gasteiger charge is -2.02. The van der Waals surface area contributed by atoms with Gasteiger partial charge in [-0.15, -0.1) is 10.2 Å². The van der Waals surface area contributed by atoms with Gasteiger partial charge < -0.3 is 0 Å². The van der Waals surface area contributed by atoms with Crippen molar-refractivity contribution < 1.29 is 4.39 Å². The topological polar surface area (TPSA) is 25.8 Å². The number of benzene rings is 2. The molecule has 0 amide bonds. The van der Waals surface area contributed by atoms with Gasteiger partial charge in [0, 0.05) is 21.6 Å². The van der Waals surface area contributed by atoms with Crippen LogP contribution in [0.3, 0.4) is 0 Å². The summed E-state index contributed by atoms with van der Waals surface area (Å²) in [5.74, 6) is 1.23. The number of thioether (sulfide) groups is 2. The van der Waals surface area contributed by atoms with E-state index in [0.29, 0.717) is 15.8 Å². The number of rotatable bonds is 6. The van der Waals surface area contributed by atoms with Crippen molar-refractivity contribution in [3.63, 3.8) is 0 Å². The summed E-state index contributed by atoms with van der Waals surface area (Å²) in [5.41, 5.74) is 2.07. The Kier molecular flexibility index (Phi) is 6.41. The average Bonchev–Trinajstić information content (AvgIpc) is 3.01. The molecule has 0 bridgehead atoms. The van der Waals surface area contributed by atoms with Crippen LogP contribution in [-0.4, -0.2) is 10.2 Å². The molecule has 0 saturated heterocycles. The van der Waals surface area contributed by atoms with Crippen LogP contribution < -0.4 is 0 Å². The van der Waals surface area contributed by atoms with E-state index >= 15 is 0 Å². The molecule has 3 aromatic rings. The summed E-state index contributed by atoms with van der Waals surface area (Å²) in [5, 5.41) is 9.65. The fourth-order valence-corrected chi connectivity index (χ4v) is 5.35. The molecule has 0 aliphatic carbocycles. The minimum absolute atomic E-state index is 0.223. The Hall–Kier alpha value is -0.790.